The Hall–Kier alpha value is -3.71. The number of amides is 2. The van der Waals surface area contributed by atoms with Crippen molar-refractivity contribution in [3.05, 3.63) is 105 Å². The van der Waals surface area contributed by atoms with E-state index in [4.69, 9.17) is 11.6 Å². The molecule has 3 aromatic rings. The molecule has 0 aromatic heterocycles. The molecule has 0 radical (unpaired) electrons. The zero-order valence-electron chi connectivity index (χ0n) is 17.6. The van der Waals surface area contributed by atoms with Gasteiger partial charge in [0.15, 0.2) is 0 Å². The first kappa shape index (κ1) is 23.0. The maximum absolute atomic E-state index is 13.5. The SMILES string of the molecule is CC(=O)Nc1cccc(C(C)N(Cc2ccccc2)C(=O)c2ccc(Cl)c([N+](=O)[O-])c2)c1. The van der Waals surface area contributed by atoms with Gasteiger partial charge in [-0.05, 0) is 42.3 Å². The average molecular weight is 452 g/mol. The van der Waals surface area contributed by atoms with Crippen molar-refractivity contribution in [1.82, 2.24) is 4.90 Å². The largest absolute Gasteiger partial charge is 0.328 e. The van der Waals surface area contributed by atoms with Crippen molar-refractivity contribution in [2.45, 2.75) is 26.4 Å². The molecule has 0 aliphatic rings. The fourth-order valence-corrected chi connectivity index (χ4v) is 3.56. The van der Waals surface area contributed by atoms with Crippen LogP contribution in [0.4, 0.5) is 11.4 Å². The first-order valence-corrected chi connectivity index (χ1v) is 10.3. The van der Waals surface area contributed by atoms with Crippen LogP contribution >= 0.6 is 11.6 Å². The lowest BCUT2D eigenvalue weighted by molar-refractivity contribution is -0.384. The number of hydrogen-bond donors (Lipinski definition) is 1. The predicted octanol–water partition coefficient (Wildman–Crippen LogP) is 5.61. The molecule has 8 heteroatoms. The summed E-state index contributed by atoms with van der Waals surface area (Å²) >= 11 is 5.92. The highest BCUT2D eigenvalue weighted by atomic mass is 35.5. The van der Waals surface area contributed by atoms with Crippen molar-refractivity contribution in [3.63, 3.8) is 0 Å². The standard InChI is InChI=1S/C24H22ClN3O4/c1-16(19-9-6-10-21(13-19)26-17(2)29)27(15-18-7-4-3-5-8-18)24(30)20-11-12-22(25)23(14-20)28(31)32/h3-14,16H,15H2,1-2H3,(H,26,29). The molecule has 1 N–H and O–H groups in total. The summed E-state index contributed by atoms with van der Waals surface area (Å²) in [4.78, 5) is 37.3. The molecule has 32 heavy (non-hydrogen) atoms. The summed E-state index contributed by atoms with van der Waals surface area (Å²) < 4.78 is 0. The van der Waals surface area contributed by atoms with E-state index in [1.54, 1.807) is 17.0 Å². The second-order valence-electron chi connectivity index (χ2n) is 7.32. The summed E-state index contributed by atoms with van der Waals surface area (Å²) in [6.07, 6.45) is 0. The summed E-state index contributed by atoms with van der Waals surface area (Å²) in [7, 11) is 0. The number of benzene rings is 3. The van der Waals surface area contributed by atoms with E-state index in [9.17, 15) is 19.7 Å². The highest BCUT2D eigenvalue weighted by Gasteiger charge is 2.25. The zero-order chi connectivity index (χ0) is 23.3. The first-order valence-electron chi connectivity index (χ1n) is 9.92. The van der Waals surface area contributed by atoms with Crippen molar-refractivity contribution >= 4 is 34.8 Å². The lowest BCUT2D eigenvalue weighted by Gasteiger charge is -2.30. The topological polar surface area (TPSA) is 92.6 Å². The Morgan fingerprint density at radius 2 is 1.78 bits per heavy atom. The number of nitrogens with zero attached hydrogens (tertiary/aromatic N) is 2. The van der Waals surface area contributed by atoms with Gasteiger partial charge in [0.25, 0.3) is 11.6 Å². The Bertz CT molecular complexity index is 1150. The molecule has 0 heterocycles. The maximum atomic E-state index is 13.5. The lowest BCUT2D eigenvalue weighted by Crippen LogP contribution is -2.33. The molecule has 0 bridgehead atoms. The third-order valence-corrected chi connectivity index (χ3v) is 5.32. The van der Waals surface area contributed by atoms with Gasteiger partial charge >= 0.3 is 0 Å². The number of halogens is 1. The average Bonchev–Trinajstić information content (AvgIpc) is 2.77. The molecule has 0 aliphatic carbocycles. The number of nitrogens with one attached hydrogen (secondary N) is 1. The molecule has 0 saturated carbocycles. The number of nitro groups is 1. The first-order chi connectivity index (χ1) is 15.3. The van der Waals surface area contributed by atoms with E-state index in [1.165, 1.54) is 25.1 Å². The summed E-state index contributed by atoms with van der Waals surface area (Å²) in [5.41, 5.74) is 2.19. The molecule has 0 spiro atoms. The molecule has 7 nitrogen and oxygen atoms in total. The Morgan fingerprint density at radius 1 is 1.06 bits per heavy atom. The molecule has 1 unspecified atom stereocenters. The molecule has 164 valence electrons. The van der Waals surface area contributed by atoms with Gasteiger partial charge in [-0.15, -0.1) is 0 Å². The summed E-state index contributed by atoms with van der Waals surface area (Å²) in [5, 5.41) is 14.0. The van der Waals surface area contributed by atoms with Crippen LogP contribution in [-0.2, 0) is 11.3 Å². The van der Waals surface area contributed by atoms with Crippen LogP contribution < -0.4 is 5.32 Å². The molecule has 0 saturated heterocycles. The maximum Gasteiger partial charge on any atom is 0.288 e. The fourth-order valence-electron chi connectivity index (χ4n) is 3.38. The Kier molecular flexibility index (Phi) is 7.22. The molecule has 0 aliphatic heterocycles. The minimum atomic E-state index is -0.610. The molecular weight excluding hydrogens is 430 g/mol. The van der Waals surface area contributed by atoms with Crippen LogP contribution in [0.1, 0.15) is 41.4 Å². The van der Waals surface area contributed by atoms with Crippen LogP contribution in [0.3, 0.4) is 0 Å². The van der Waals surface area contributed by atoms with Gasteiger partial charge in [-0.2, -0.15) is 0 Å². The van der Waals surface area contributed by atoms with Gasteiger partial charge in [-0.1, -0.05) is 54.1 Å². The number of carbonyl (C=O) groups is 2. The molecule has 1 atom stereocenters. The quantitative estimate of drug-likeness (QED) is 0.373. The van der Waals surface area contributed by atoms with Gasteiger partial charge in [0.1, 0.15) is 5.02 Å². The smallest absolute Gasteiger partial charge is 0.288 e. The minimum absolute atomic E-state index is 0.0304. The van der Waals surface area contributed by atoms with Gasteiger partial charge < -0.3 is 10.2 Å². The van der Waals surface area contributed by atoms with Crippen LogP contribution in [0.25, 0.3) is 0 Å². The van der Waals surface area contributed by atoms with E-state index in [1.807, 2.05) is 49.4 Å². The van der Waals surface area contributed by atoms with Crippen molar-refractivity contribution in [2.24, 2.45) is 0 Å². The second kappa shape index (κ2) is 10.1. The Balaban J connectivity index is 2.00. The lowest BCUT2D eigenvalue weighted by atomic mass is 10.0. The van der Waals surface area contributed by atoms with Crippen LogP contribution in [0.2, 0.25) is 5.02 Å². The summed E-state index contributed by atoms with van der Waals surface area (Å²) in [6.45, 7) is 3.59. The van der Waals surface area contributed by atoms with Crippen molar-refractivity contribution in [2.75, 3.05) is 5.32 Å². The van der Waals surface area contributed by atoms with Crippen LogP contribution in [0, 0.1) is 10.1 Å². The van der Waals surface area contributed by atoms with E-state index in [2.05, 4.69) is 5.32 Å². The van der Waals surface area contributed by atoms with E-state index in [0.717, 1.165) is 11.1 Å². The number of nitro benzene ring substituents is 1. The van der Waals surface area contributed by atoms with Gasteiger partial charge in [0.2, 0.25) is 5.91 Å². The normalized spacial score (nSPS) is 11.5. The molecule has 3 rings (SSSR count). The van der Waals surface area contributed by atoms with E-state index < -0.39 is 4.92 Å². The summed E-state index contributed by atoms with van der Waals surface area (Å²) in [6, 6.07) is 20.4. The molecular formula is C24H22ClN3O4. The van der Waals surface area contributed by atoms with Gasteiger partial charge in [-0.3, -0.25) is 19.7 Å². The van der Waals surface area contributed by atoms with Crippen LogP contribution in [0.15, 0.2) is 72.8 Å². The number of carbonyl (C=O) groups excluding carboxylic acids is 2. The number of hydrogen-bond acceptors (Lipinski definition) is 4. The fraction of sp³-hybridized carbons (Fsp3) is 0.167. The third kappa shape index (κ3) is 5.50. The summed E-state index contributed by atoms with van der Waals surface area (Å²) in [5.74, 6) is -0.563. The van der Waals surface area contributed by atoms with E-state index in [-0.39, 0.29) is 34.1 Å². The second-order valence-corrected chi connectivity index (χ2v) is 7.73. The number of rotatable bonds is 7. The Labute approximate surface area is 190 Å². The van der Waals surface area contributed by atoms with Crippen molar-refractivity contribution in [3.8, 4) is 0 Å². The monoisotopic (exact) mass is 451 g/mol. The highest BCUT2D eigenvalue weighted by molar-refractivity contribution is 6.32. The molecule has 2 amide bonds. The highest BCUT2D eigenvalue weighted by Crippen LogP contribution is 2.30. The minimum Gasteiger partial charge on any atom is -0.328 e. The van der Waals surface area contributed by atoms with E-state index in [0.29, 0.717) is 12.2 Å². The van der Waals surface area contributed by atoms with Crippen molar-refractivity contribution in [1.29, 1.82) is 0 Å². The van der Waals surface area contributed by atoms with E-state index >= 15 is 0 Å². The third-order valence-electron chi connectivity index (χ3n) is 5.00. The Morgan fingerprint density at radius 3 is 2.44 bits per heavy atom. The zero-order valence-corrected chi connectivity index (χ0v) is 18.4. The van der Waals surface area contributed by atoms with Gasteiger partial charge in [0.05, 0.1) is 11.0 Å². The predicted molar refractivity (Wildman–Crippen MR) is 124 cm³/mol. The van der Waals surface area contributed by atoms with Crippen LogP contribution in [0.5, 0.6) is 0 Å². The molecule has 0 fully saturated rings. The van der Waals surface area contributed by atoms with Gasteiger partial charge in [0, 0.05) is 30.8 Å². The van der Waals surface area contributed by atoms with Crippen molar-refractivity contribution < 1.29 is 14.5 Å². The van der Waals surface area contributed by atoms with Crippen LogP contribution in [-0.4, -0.2) is 21.6 Å². The number of anilines is 1. The molecule has 3 aromatic carbocycles. The van der Waals surface area contributed by atoms with Gasteiger partial charge in [-0.25, -0.2) is 0 Å².